The average Bonchev–Trinajstić information content (AvgIpc) is 3.14. The second kappa shape index (κ2) is 11.2. The van der Waals surface area contributed by atoms with Crippen molar-refractivity contribution in [2.24, 2.45) is 0 Å². The molecule has 32 heavy (non-hydrogen) atoms. The number of halogens is 2. The minimum atomic E-state index is -0.440. The zero-order chi connectivity index (χ0) is 23.1. The number of hydrogen-bond acceptors (Lipinski definition) is 5. The highest BCUT2D eigenvalue weighted by Gasteiger charge is 2.15. The summed E-state index contributed by atoms with van der Waals surface area (Å²) in [5, 5.41) is 12.0. The van der Waals surface area contributed by atoms with Crippen LogP contribution in [0, 0.1) is 5.82 Å². The molecule has 9 heteroatoms. The molecule has 6 nitrogen and oxygen atoms in total. The zero-order valence-electron chi connectivity index (χ0n) is 17.8. The second-order valence-electron chi connectivity index (χ2n) is 7.28. The highest BCUT2D eigenvalue weighted by atomic mass is 35.5. The highest BCUT2D eigenvalue weighted by Crippen LogP contribution is 2.26. The molecule has 0 atom stereocenters. The quantitative estimate of drug-likeness (QED) is 0.302. The number of hydrogen-bond donors (Lipinski definition) is 1. The Bertz CT molecular complexity index is 1090. The van der Waals surface area contributed by atoms with Crippen LogP contribution < -0.4 is 10.1 Å². The van der Waals surface area contributed by atoms with Crippen molar-refractivity contribution in [1.29, 1.82) is 0 Å². The smallest absolute Gasteiger partial charge is 0.234 e. The lowest BCUT2D eigenvalue weighted by molar-refractivity contribution is -0.113. The van der Waals surface area contributed by atoms with Gasteiger partial charge in [-0.2, -0.15) is 0 Å². The number of nitrogens with one attached hydrogen (secondary N) is 1. The molecule has 0 radical (unpaired) electrons. The Morgan fingerprint density at radius 1 is 1.28 bits per heavy atom. The van der Waals surface area contributed by atoms with Gasteiger partial charge in [-0.15, -0.1) is 16.8 Å². The number of allylic oxidation sites excluding steroid dienone is 1. The molecule has 3 rings (SSSR count). The molecule has 0 aliphatic rings. The molecule has 0 fully saturated rings. The summed E-state index contributed by atoms with van der Waals surface area (Å²) in [6.07, 6.45) is 1.71. The maximum absolute atomic E-state index is 13.2. The molecule has 0 unspecified atom stereocenters. The van der Waals surface area contributed by atoms with E-state index in [1.54, 1.807) is 10.6 Å². The van der Waals surface area contributed by atoms with Crippen LogP contribution in [0.15, 0.2) is 60.3 Å². The molecular formula is C23H24ClFN4O2S. The number of rotatable bonds is 10. The Kier molecular flexibility index (Phi) is 8.30. The SMILES string of the molecule is C=CCn1c(COc2ccc(F)cc2Cl)nnc1SCC(=O)Nc1ccc(C(C)C)cc1. The standard InChI is InChI=1S/C23H24ClFN4O2S/c1-4-11-29-21(13-31-20-10-7-17(25)12-19(20)24)27-28-23(29)32-14-22(30)26-18-8-5-16(6-9-18)15(2)3/h4-10,12,15H,1,11,13-14H2,2-3H3,(H,26,30). The first kappa shape index (κ1) is 23.8. The van der Waals surface area contributed by atoms with E-state index in [0.29, 0.717) is 29.2 Å². The molecule has 0 bridgehead atoms. The van der Waals surface area contributed by atoms with E-state index in [0.717, 1.165) is 5.69 Å². The van der Waals surface area contributed by atoms with Crippen LogP contribution in [0.25, 0.3) is 0 Å². The number of benzene rings is 2. The van der Waals surface area contributed by atoms with Gasteiger partial charge in [0.2, 0.25) is 5.91 Å². The van der Waals surface area contributed by atoms with Gasteiger partial charge in [0.25, 0.3) is 0 Å². The van der Waals surface area contributed by atoms with Crippen LogP contribution in [0.3, 0.4) is 0 Å². The molecule has 2 aromatic carbocycles. The van der Waals surface area contributed by atoms with E-state index in [1.807, 2.05) is 24.3 Å². The lowest BCUT2D eigenvalue weighted by Gasteiger charge is -2.10. The Morgan fingerprint density at radius 3 is 2.69 bits per heavy atom. The summed E-state index contributed by atoms with van der Waals surface area (Å²) in [4.78, 5) is 12.4. The predicted molar refractivity (Wildman–Crippen MR) is 126 cm³/mol. The summed E-state index contributed by atoms with van der Waals surface area (Å²) in [5.41, 5.74) is 1.96. The van der Waals surface area contributed by atoms with E-state index in [9.17, 15) is 9.18 Å². The third kappa shape index (κ3) is 6.34. The summed E-state index contributed by atoms with van der Waals surface area (Å²) in [7, 11) is 0. The van der Waals surface area contributed by atoms with Crippen LogP contribution in [-0.2, 0) is 17.9 Å². The van der Waals surface area contributed by atoms with Gasteiger partial charge >= 0.3 is 0 Å². The third-order valence-corrected chi connectivity index (χ3v) is 5.81. The molecule has 0 saturated heterocycles. The van der Waals surface area contributed by atoms with Gasteiger partial charge in [0.1, 0.15) is 18.2 Å². The molecule has 3 aromatic rings. The molecule has 0 aliphatic heterocycles. The van der Waals surface area contributed by atoms with E-state index in [-0.39, 0.29) is 23.3 Å². The molecule has 0 saturated carbocycles. The number of carbonyl (C=O) groups is 1. The molecule has 1 aromatic heterocycles. The van der Waals surface area contributed by atoms with Crippen molar-refractivity contribution in [1.82, 2.24) is 14.8 Å². The van der Waals surface area contributed by atoms with Crippen molar-refractivity contribution in [3.63, 3.8) is 0 Å². The van der Waals surface area contributed by atoms with E-state index in [1.165, 1.54) is 35.5 Å². The Labute approximate surface area is 195 Å². The van der Waals surface area contributed by atoms with Crippen molar-refractivity contribution in [2.75, 3.05) is 11.1 Å². The van der Waals surface area contributed by atoms with E-state index < -0.39 is 5.82 Å². The minimum absolute atomic E-state index is 0.0845. The van der Waals surface area contributed by atoms with Crippen LogP contribution in [0.1, 0.15) is 31.2 Å². The maximum Gasteiger partial charge on any atom is 0.234 e. The molecule has 0 spiro atoms. The fourth-order valence-corrected chi connectivity index (χ4v) is 3.85. The minimum Gasteiger partial charge on any atom is -0.484 e. The van der Waals surface area contributed by atoms with Crippen molar-refractivity contribution in [2.45, 2.75) is 38.1 Å². The zero-order valence-corrected chi connectivity index (χ0v) is 19.4. The molecule has 0 aliphatic carbocycles. The number of amides is 1. The average molecular weight is 475 g/mol. The Hall–Kier alpha value is -2.84. The topological polar surface area (TPSA) is 69.0 Å². The molecule has 1 N–H and O–H groups in total. The van der Waals surface area contributed by atoms with Crippen LogP contribution >= 0.6 is 23.4 Å². The van der Waals surface area contributed by atoms with Crippen molar-refractivity contribution < 1.29 is 13.9 Å². The van der Waals surface area contributed by atoms with Crippen LogP contribution in [0.5, 0.6) is 5.75 Å². The normalized spacial score (nSPS) is 10.9. The van der Waals surface area contributed by atoms with E-state index in [4.69, 9.17) is 16.3 Å². The highest BCUT2D eigenvalue weighted by molar-refractivity contribution is 7.99. The van der Waals surface area contributed by atoms with Crippen molar-refractivity contribution in [3.05, 3.63) is 77.3 Å². The van der Waals surface area contributed by atoms with Crippen LogP contribution in [0.2, 0.25) is 5.02 Å². The first-order valence-corrected chi connectivity index (χ1v) is 11.4. The number of aromatic nitrogens is 3. The maximum atomic E-state index is 13.2. The number of ether oxygens (including phenoxy) is 1. The van der Waals surface area contributed by atoms with E-state index >= 15 is 0 Å². The van der Waals surface area contributed by atoms with E-state index in [2.05, 4.69) is 35.9 Å². The summed E-state index contributed by atoms with van der Waals surface area (Å²) in [5.74, 6) is 0.909. The van der Waals surface area contributed by atoms with Gasteiger partial charge in [-0.05, 0) is 41.8 Å². The van der Waals surface area contributed by atoms with Gasteiger partial charge in [-0.3, -0.25) is 9.36 Å². The van der Waals surface area contributed by atoms with Crippen molar-refractivity contribution >= 4 is 35.0 Å². The lowest BCUT2D eigenvalue weighted by Crippen LogP contribution is -2.15. The first-order valence-electron chi connectivity index (χ1n) is 10.0. The first-order chi connectivity index (χ1) is 15.4. The second-order valence-corrected chi connectivity index (χ2v) is 8.62. The Balaban J connectivity index is 1.60. The fourth-order valence-electron chi connectivity index (χ4n) is 2.86. The van der Waals surface area contributed by atoms with Gasteiger partial charge in [0.05, 0.1) is 10.8 Å². The summed E-state index contributed by atoms with van der Waals surface area (Å²) >= 11 is 7.27. The predicted octanol–water partition coefficient (Wildman–Crippen LogP) is 5.69. The molecule has 168 valence electrons. The van der Waals surface area contributed by atoms with Crippen LogP contribution in [-0.4, -0.2) is 26.4 Å². The third-order valence-electron chi connectivity index (χ3n) is 4.55. The van der Waals surface area contributed by atoms with Gasteiger partial charge in [-0.25, -0.2) is 4.39 Å². The summed E-state index contributed by atoms with van der Waals surface area (Å²) < 4.78 is 20.7. The monoisotopic (exact) mass is 474 g/mol. The van der Waals surface area contributed by atoms with Crippen molar-refractivity contribution in [3.8, 4) is 5.75 Å². The molecule has 1 heterocycles. The number of anilines is 1. The Morgan fingerprint density at radius 2 is 2.03 bits per heavy atom. The van der Waals surface area contributed by atoms with Crippen LogP contribution in [0.4, 0.5) is 10.1 Å². The number of carbonyl (C=O) groups excluding carboxylic acids is 1. The van der Waals surface area contributed by atoms with Gasteiger partial charge in [-0.1, -0.05) is 55.4 Å². The summed E-state index contributed by atoms with van der Waals surface area (Å²) in [6, 6.07) is 11.7. The van der Waals surface area contributed by atoms with Gasteiger partial charge in [0.15, 0.2) is 11.0 Å². The molecular weight excluding hydrogens is 451 g/mol. The number of thioether (sulfide) groups is 1. The summed E-state index contributed by atoms with van der Waals surface area (Å²) in [6.45, 7) is 8.54. The lowest BCUT2D eigenvalue weighted by atomic mass is 10.0. The fraction of sp³-hybridized carbons (Fsp3) is 0.261. The largest absolute Gasteiger partial charge is 0.484 e. The van der Waals surface area contributed by atoms with Gasteiger partial charge < -0.3 is 10.1 Å². The number of nitrogens with zero attached hydrogens (tertiary/aromatic N) is 3. The molecule has 1 amide bonds. The van der Waals surface area contributed by atoms with Gasteiger partial charge in [0, 0.05) is 12.2 Å².